The van der Waals surface area contributed by atoms with Gasteiger partial charge in [-0.25, -0.2) is 4.79 Å². The lowest BCUT2D eigenvalue weighted by Crippen LogP contribution is -2.24. The van der Waals surface area contributed by atoms with Gasteiger partial charge in [-0.3, -0.25) is 14.5 Å². The van der Waals surface area contributed by atoms with Crippen molar-refractivity contribution in [2.24, 2.45) is 5.92 Å². The first kappa shape index (κ1) is 15.2. The fourth-order valence-corrected chi connectivity index (χ4v) is 2.45. The van der Waals surface area contributed by atoms with Gasteiger partial charge in [0.1, 0.15) is 0 Å². The molecule has 0 aromatic heterocycles. The molecule has 0 spiro atoms. The molecule has 21 heavy (non-hydrogen) atoms. The van der Waals surface area contributed by atoms with Gasteiger partial charge in [0.05, 0.1) is 22.8 Å². The second kappa shape index (κ2) is 5.68. The summed E-state index contributed by atoms with van der Waals surface area (Å²) in [5.74, 6) is -0.774. The number of esters is 1. The van der Waals surface area contributed by atoms with Crippen molar-refractivity contribution in [1.82, 2.24) is 4.90 Å². The minimum atomic E-state index is -0.472. The monoisotopic (exact) mass is 289 g/mol. The van der Waals surface area contributed by atoms with E-state index in [1.807, 2.05) is 6.92 Å². The normalized spacial score (nSPS) is 15.4. The van der Waals surface area contributed by atoms with Gasteiger partial charge in [-0.2, -0.15) is 0 Å². The van der Waals surface area contributed by atoms with E-state index in [1.165, 1.54) is 25.2 Å². The maximum absolute atomic E-state index is 12.1. The Labute approximate surface area is 123 Å². The molecular formula is C16H19NO4. The number of hydrogen-bond acceptors (Lipinski definition) is 4. The van der Waals surface area contributed by atoms with Crippen LogP contribution < -0.4 is 0 Å². The molecule has 1 aliphatic heterocycles. The first-order valence-electron chi connectivity index (χ1n) is 6.98. The molecule has 5 heteroatoms. The highest BCUT2D eigenvalue weighted by Crippen LogP contribution is 2.23. The average Bonchev–Trinajstić information content (AvgIpc) is 2.62. The van der Waals surface area contributed by atoms with Crippen LogP contribution in [0.1, 0.15) is 58.3 Å². The molecule has 0 aliphatic carbocycles. The molecule has 5 nitrogen and oxygen atoms in total. The number of carbonyl (C=O) groups is 3. The smallest absolute Gasteiger partial charge is 0.338 e. The van der Waals surface area contributed by atoms with E-state index >= 15 is 0 Å². The van der Waals surface area contributed by atoms with Crippen LogP contribution in [-0.2, 0) is 4.74 Å². The van der Waals surface area contributed by atoms with Crippen LogP contribution in [0.4, 0.5) is 0 Å². The third-order valence-corrected chi connectivity index (χ3v) is 3.44. The van der Waals surface area contributed by atoms with Crippen LogP contribution in [0.15, 0.2) is 18.2 Å². The second-order valence-corrected chi connectivity index (χ2v) is 5.78. The number of hydrogen-bond donors (Lipinski definition) is 0. The summed E-state index contributed by atoms with van der Waals surface area (Å²) in [4.78, 5) is 36.8. The number of fused-ring (bicyclic) bond motifs is 1. The van der Waals surface area contributed by atoms with Gasteiger partial charge >= 0.3 is 5.97 Å². The molecule has 2 amide bonds. The lowest BCUT2D eigenvalue weighted by Gasteiger charge is -2.15. The Morgan fingerprint density at radius 1 is 1.14 bits per heavy atom. The van der Waals surface area contributed by atoms with E-state index in [4.69, 9.17) is 4.74 Å². The second-order valence-electron chi connectivity index (χ2n) is 5.78. The number of ether oxygens (including phenoxy) is 1. The van der Waals surface area contributed by atoms with Crippen molar-refractivity contribution in [1.29, 1.82) is 0 Å². The number of amides is 2. The number of imide groups is 1. The summed E-state index contributed by atoms with van der Waals surface area (Å²) in [5, 5.41) is 0. The van der Waals surface area contributed by atoms with Crippen molar-refractivity contribution in [3.8, 4) is 0 Å². The SMILES string of the molecule is CC(C)CC(C)OC(=O)c1ccc2c(c1)C(=O)N(C)C2=O. The molecular weight excluding hydrogens is 270 g/mol. The van der Waals surface area contributed by atoms with Gasteiger partial charge < -0.3 is 4.74 Å². The van der Waals surface area contributed by atoms with Crippen molar-refractivity contribution in [2.75, 3.05) is 7.05 Å². The molecule has 1 aromatic carbocycles. The highest BCUT2D eigenvalue weighted by Gasteiger charge is 2.33. The van der Waals surface area contributed by atoms with Gasteiger partial charge in [-0.1, -0.05) is 13.8 Å². The lowest BCUT2D eigenvalue weighted by molar-refractivity contribution is 0.0299. The average molecular weight is 289 g/mol. The Morgan fingerprint density at radius 3 is 2.38 bits per heavy atom. The van der Waals surface area contributed by atoms with Crippen LogP contribution in [0, 0.1) is 5.92 Å². The Morgan fingerprint density at radius 2 is 1.76 bits per heavy atom. The quantitative estimate of drug-likeness (QED) is 0.631. The van der Waals surface area contributed by atoms with Crippen molar-refractivity contribution >= 4 is 17.8 Å². The predicted molar refractivity (Wildman–Crippen MR) is 77.2 cm³/mol. The number of benzene rings is 1. The molecule has 0 saturated heterocycles. The molecule has 1 atom stereocenters. The number of rotatable bonds is 4. The minimum Gasteiger partial charge on any atom is -0.459 e. The van der Waals surface area contributed by atoms with Crippen LogP contribution in [0.5, 0.6) is 0 Å². The van der Waals surface area contributed by atoms with Gasteiger partial charge in [-0.05, 0) is 37.5 Å². The summed E-state index contributed by atoms with van der Waals surface area (Å²) in [7, 11) is 1.42. The maximum atomic E-state index is 12.1. The number of carbonyl (C=O) groups excluding carboxylic acids is 3. The Kier molecular flexibility index (Phi) is 4.11. The lowest BCUT2D eigenvalue weighted by atomic mass is 10.1. The molecule has 2 rings (SSSR count). The molecule has 112 valence electrons. The zero-order valence-corrected chi connectivity index (χ0v) is 12.7. The fourth-order valence-electron chi connectivity index (χ4n) is 2.45. The minimum absolute atomic E-state index is 0.189. The van der Waals surface area contributed by atoms with E-state index < -0.39 is 5.97 Å². The first-order chi connectivity index (χ1) is 9.81. The van der Waals surface area contributed by atoms with Crippen LogP contribution in [-0.4, -0.2) is 35.8 Å². The van der Waals surface area contributed by atoms with Crippen molar-refractivity contribution in [2.45, 2.75) is 33.3 Å². The topological polar surface area (TPSA) is 63.7 Å². The predicted octanol–water partition coefficient (Wildman–Crippen LogP) is 2.50. The van der Waals surface area contributed by atoms with E-state index in [0.717, 1.165) is 11.3 Å². The first-order valence-corrected chi connectivity index (χ1v) is 6.98. The molecule has 1 heterocycles. The highest BCUT2D eigenvalue weighted by atomic mass is 16.5. The van der Waals surface area contributed by atoms with E-state index in [-0.39, 0.29) is 23.5 Å². The summed E-state index contributed by atoms with van der Waals surface area (Å²) in [6, 6.07) is 4.46. The van der Waals surface area contributed by atoms with E-state index in [1.54, 1.807) is 0 Å². The van der Waals surface area contributed by atoms with Crippen LogP contribution in [0.3, 0.4) is 0 Å². The molecule has 0 fully saturated rings. The van der Waals surface area contributed by atoms with Crippen LogP contribution in [0.2, 0.25) is 0 Å². The zero-order valence-electron chi connectivity index (χ0n) is 12.7. The van der Waals surface area contributed by atoms with Gasteiger partial charge in [0.25, 0.3) is 11.8 Å². The summed E-state index contributed by atoms with van der Waals surface area (Å²) >= 11 is 0. The van der Waals surface area contributed by atoms with Crippen molar-refractivity contribution < 1.29 is 19.1 Å². The molecule has 1 unspecified atom stereocenters. The van der Waals surface area contributed by atoms with E-state index in [0.29, 0.717) is 17.0 Å². The summed E-state index contributed by atoms with van der Waals surface area (Å²) < 4.78 is 5.35. The summed E-state index contributed by atoms with van der Waals surface area (Å²) in [6.45, 7) is 5.95. The van der Waals surface area contributed by atoms with Gasteiger partial charge in [-0.15, -0.1) is 0 Å². The van der Waals surface area contributed by atoms with Gasteiger partial charge in [0.15, 0.2) is 0 Å². The number of nitrogens with zero attached hydrogens (tertiary/aromatic N) is 1. The van der Waals surface area contributed by atoms with Crippen LogP contribution >= 0.6 is 0 Å². The molecule has 1 aromatic rings. The Bertz CT molecular complexity index is 606. The zero-order chi connectivity index (χ0) is 15.7. The van der Waals surface area contributed by atoms with Gasteiger partial charge in [0.2, 0.25) is 0 Å². The standard InChI is InChI=1S/C16H19NO4/c1-9(2)7-10(3)21-16(20)11-5-6-12-13(8-11)15(19)17(4)14(12)18/h5-6,8-10H,7H2,1-4H3. The maximum Gasteiger partial charge on any atom is 0.338 e. The molecule has 1 aliphatic rings. The van der Waals surface area contributed by atoms with Gasteiger partial charge in [0, 0.05) is 7.05 Å². The molecule has 0 radical (unpaired) electrons. The molecule has 0 saturated carbocycles. The van der Waals surface area contributed by atoms with E-state index in [2.05, 4.69) is 13.8 Å². The Balaban J connectivity index is 2.18. The highest BCUT2D eigenvalue weighted by molar-refractivity contribution is 6.21. The fraction of sp³-hybridized carbons (Fsp3) is 0.438. The van der Waals surface area contributed by atoms with E-state index in [9.17, 15) is 14.4 Å². The molecule has 0 N–H and O–H groups in total. The van der Waals surface area contributed by atoms with Crippen molar-refractivity contribution in [3.05, 3.63) is 34.9 Å². The third-order valence-electron chi connectivity index (χ3n) is 3.44. The third kappa shape index (κ3) is 2.96. The summed E-state index contributed by atoms with van der Waals surface area (Å²) in [5.41, 5.74) is 0.878. The largest absolute Gasteiger partial charge is 0.459 e. The van der Waals surface area contributed by atoms with Crippen LogP contribution in [0.25, 0.3) is 0 Å². The Hall–Kier alpha value is -2.17. The summed E-state index contributed by atoms with van der Waals surface area (Å²) in [6.07, 6.45) is 0.586. The van der Waals surface area contributed by atoms with Crippen molar-refractivity contribution in [3.63, 3.8) is 0 Å². The molecule has 0 bridgehead atoms.